The molecule has 6 nitrogen and oxygen atoms in total. The van der Waals surface area contributed by atoms with Crippen LogP contribution in [0.4, 0.5) is 11.5 Å². The maximum absolute atomic E-state index is 10.7. The van der Waals surface area contributed by atoms with E-state index in [9.17, 15) is 15.2 Å². The summed E-state index contributed by atoms with van der Waals surface area (Å²) in [5, 5.41) is 20.6. The second-order valence-corrected chi connectivity index (χ2v) is 4.81. The molecule has 0 bridgehead atoms. The Hall–Kier alpha value is -1.69. The third-order valence-electron chi connectivity index (χ3n) is 3.48. The van der Waals surface area contributed by atoms with Crippen LogP contribution in [0.15, 0.2) is 12.1 Å². The highest BCUT2D eigenvalue weighted by molar-refractivity contribution is 5.47. The zero-order valence-electron chi connectivity index (χ0n) is 10.5. The Morgan fingerprint density at radius 1 is 1.56 bits per heavy atom. The first-order valence-electron chi connectivity index (χ1n) is 6.04. The molecule has 1 aromatic heterocycles. The van der Waals surface area contributed by atoms with Gasteiger partial charge in [0.05, 0.1) is 11.0 Å². The van der Waals surface area contributed by atoms with Crippen LogP contribution in [-0.4, -0.2) is 34.2 Å². The van der Waals surface area contributed by atoms with E-state index in [1.807, 2.05) is 11.8 Å². The lowest BCUT2D eigenvalue weighted by Crippen LogP contribution is -2.43. The van der Waals surface area contributed by atoms with Gasteiger partial charge in [-0.05, 0) is 25.3 Å². The molecule has 0 amide bonds. The first kappa shape index (κ1) is 12.8. The second-order valence-electron chi connectivity index (χ2n) is 4.81. The summed E-state index contributed by atoms with van der Waals surface area (Å²) < 4.78 is 0. The number of β-amino-alcohol motifs (C(OH)–C–C–N with tert-alkyl or cyclic N) is 1. The summed E-state index contributed by atoms with van der Waals surface area (Å²) >= 11 is 0. The van der Waals surface area contributed by atoms with E-state index in [-0.39, 0.29) is 11.8 Å². The molecule has 2 unspecified atom stereocenters. The minimum atomic E-state index is -0.431. The zero-order chi connectivity index (χ0) is 13.3. The van der Waals surface area contributed by atoms with E-state index in [0.717, 1.165) is 13.0 Å². The van der Waals surface area contributed by atoms with Crippen LogP contribution in [0, 0.1) is 23.0 Å². The minimum absolute atomic E-state index is 0.0321. The molecule has 2 rings (SSSR count). The van der Waals surface area contributed by atoms with Crippen molar-refractivity contribution in [1.29, 1.82) is 0 Å². The predicted molar refractivity (Wildman–Crippen MR) is 67.6 cm³/mol. The summed E-state index contributed by atoms with van der Waals surface area (Å²) in [6.07, 6.45) is 0.537. The summed E-state index contributed by atoms with van der Waals surface area (Å²) in [4.78, 5) is 16.5. The maximum Gasteiger partial charge on any atom is 0.290 e. The van der Waals surface area contributed by atoms with Gasteiger partial charge in [-0.1, -0.05) is 6.92 Å². The second kappa shape index (κ2) is 4.89. The maximum atomic E-state index is 10.7. The highest BCUT2D eigenvalue weighted by Gasteiger charge is 2.25. The van der Waals surface area contributed by atoms with Crippen LogP contribution in [0.1, 0.15) is 19.0 Å². The van der Waals surface area contributed by atoms with Crippen LogP contribution in [0.25, 0.3) is 0 Å². The van der Waals surface area contributed by atoms with E-state index >= 15 is 0 Å². The molecule has 1 aliphatic heterocycles. The summed E-state index contributed by atoms with van der Waals surface area (Å²) in [5.41, 5.74) is 0.440. The Kier molecular flexibility index (Phi) is 3.47. The van der Waals surface area contributed by atoms with E-state index in [4.69, 9.17) is 0 Å². The molecule has 0 aliphatic carbocycles. The Morgan fingerprint density at radius 2 is 2.28 bits per heavy atom. The topological polar surface area (TPSA) is 79.5 Å². The Balaban J connectivity index is 2.19. The van der Waals surface area contributed by atoms with Crippen LogP contribution in [0.5, 0.6) is 0 Å². The van der Waals surface area contributed by atoms with Crippen molar-refractivity contribution < 1.29 is 10.0 Å². The first-order chi connectivity index (χ1) is 8.49. The quantitative estimate of drug-likeness (QED) is 0.636. The summed E-state index contributed by atoms with van der Waals surface area (Å²) in [7, 11) is 0. The molecule has 2 heterocycles. The molecule has 0 aromatic carbocycles. The Bertz CT molecular complexity index is 464. The average molecular weight is 251 g/mol. The zero-order valence-corrected chi connectivity index (χ0v) is 10.5. The van der Waals surface area contributed by atoms with Gasteiger partial charge >= 0.3 is 0 Å². The third kappa shape index (κ3) is 2.43. The molecular weight excluding hydrogens is 234 g/mol. The molecule has 0 radical (unpaired) electrons. The van der Waals surface area contributed by atoms with E-state index < -0.39 is 4.92 Å². The molecule has 1 saturated heterocycles. The molecule has 1 aromatic rings. The SMILES string of the molecule is Cc1nc(N2CCC(C)C(O)C2)ccc1[N+](=O)[O-]. The fourth-order valence-corrected chi connectivity index (χ4v) is 2.17. The van der Waals surface area contributed by atoms with Crippen molar-refractivity contribution >= 4 is 11.5 Å². The van der Waals surface area contributed by atoms with Crippen molar-refractivity contribution in [2.75, 3.05) is 18.0 Å². The van der Waals surface area contributed by atoms with E-state index in [1.54, 1.807) is 13.0 Å². The van der Waals surface area contributed by atoms with Crippen molar-refractivity contribution in [3.63, 3.8) is 0 Å². The van der Waals surface area contributed by atoms with Crippen LogP contribution >= 0.6 is 0 Å². The fourth-order valence-electron chi connectivity index (χ4n) is 2.17. The highest BCUT2D eigenvalue weighted by atomic mass is 16.6. The van der Waals surface area contributed by atoms with Gasteiger partial charge in [-0.25, -0.2) is 4.98 Å². The Morgan fingerprint density at radius 3 is 2.83 bits per heavy atom. The van der Waals surface area contributed by atoms with Crippen molar-refractivity contribution in [2.45, 2.75) is 26.4 Å². The number of aryl methyl sites for hydroxylation is 1. The molecule has 1 N–H and O–H groups in total. The van der Waals surface area contributed by atoms with Gasteiger partial charge in [0.2, 0.25) is 0 Å². The van der Waals surface area contributed by atoms with Gasteiger partial charge in [-0.3, -0.25) is 10.1 Å². The van der Waals surface area contributed by atoms with Gasteiger partial charge in [0, 0.05) is 19.2 Å². The van der Waals surface area contributed by atoms with Crippen molar-refractivity contribution in [3.05, 3.63) is 27.9 Å². The molecule has 98 valence electrons. The number of piperidine rings is 1. The lowest BCUT2D eigenvalue weighted by molar-refractivity contribution is -0.385. The van der Waals surface area contributed by atoms with Gasteiger partial charge < -0.3 is 10.0 Å². The summed E-state index contributed by atoms with van der Waals surface area (Å²) in [6, 6.07) is 3.12. The van der Waals surface area contributed by atoms with Gasteiger partial charge in [0.15, 0.2) is 0 Å². The molecule has 0 spiro atoms. The number of rotatable bonds is 2. The fraction of sp³-hybridized carbons (Fsp3) is 0.583. The number of pyridine rings is 1. The summed E-state index contributed by atoms with van der Waals surface area (Å²) in [6.45, 7) is 5.01. The largest absolute Gasteiger partial charge is 0.391 e. The monoisotopic (exact) mass is 251 g/mol. The lowest BCUT2D eigenvalue weighted by atomic mass is 9.96. The van der Waals surface area contributed by atoms with E-state index in [0.29, 0.717) is 24.0 Å². The number of aliphatic hydroxyl groups is 1. The van der Waals surface area contributed by atoms with Crippen LogP contribution in [0.3, 0.4) is 0 Å². The molecule has 18 heavy (non-hydrogen) atoms. The van der Waals surface area contributed by atoms with E-state index in [2.05, 4.69) is 4.98 Å². The smallest absolute Gasteiger partial charge is 0.290 e. The van der Waals surface area contributed by atoms with Crippen molar-refractivity contribution in [3.8, 4) is 0 Å². The molecule has 2 atom stereocenters. The third-order valence-corrected chi connectivity index (χ3v) is 3.48. The number of hydrogen-bond donors (Lipinski definition) is 1. The van der Waals surface area contributed by atoms with Gasteiger partial charge in [-0.15, -0.1) is 0 Å². The molecule has 0 saturated carbocycles. The van der Waals surface area contributed by atoms with Crippen LogP contribution < -0.4 is 4.90 Å². The van der Waals surface area contributed by atoms with E-state index in [1.165, 1.54) is 6.07 Å². The lowest BCUT2D eigenvalue weighted by Gasteiger charge is -2.35. The highest BCUT2D eigenvalue weighted by Crippen LogP contribution is 2.24. The number of aromatic nitrogens is 1. The number of nitrogens with zero attached hydrogens (tertiary/aromatic N) is 3. The number of anilines is 1. The van der Waals surface area contributed by atoms with Crippen LogP contribution in [0.2, 0.25) is 0 Å². The predicted octanol–water partition coefficient (Wildman–Crippen LogP) is 1.51. The molecule has 1 aliphatic rings. The molecule has 6 heteroatoms. The normalized spacial score (nSPS) is 24.1. The Labute approximate surface area is 105 Å². The molecular formula is C12H17N3O3. The van der Waals surface area contributed by atoms with Gasteiger partial charge in [0.1, 0.15) is 11.5 Å². The number of nitro groups is 1. The first-order valence-corrected chi connectivity index (χ1v) is 6.04. The van der Waals surface area contributed by atoms with Gasteiger partial charge in [-0.2, -0.15) is 0 Å². The average Bonchev–Trinajstić information content (AvgIpc) is 2.32. The minimum Gasteiger partial charge on any atom is -0.391 e. The number of hydrogen-bond acceptors (Lipinski definition) is 5. The van der Waals surface area contributed by atoms with Crippen molar-refractivity contribution in [2.24, 2.45) is 5.92 Å². The standard InChI is InChI=1S/C12H17N3O3/c1-8-5-6-14(7-11(8)16)12-4-3-10(15(17)18)9(2)13-12/h3-4,8,11,16H,5-7H2,1-2H3. The molecule has 1 fully saturated rings. The number of aliphatic hydroxyl groups excluding tert-OH is 1. The van der Waals surface area contributed by atoms with Crippen molar-refractivity contribution in [1.82, 2.24) is 4.98 Å². The van der Waals surface area contributed by atoms with Gasteiger partial charge in [0.25, 0.3) is 5.69 Å². The summed E-state index contributed by atoms with van der Waals surface area (Å²) in [5.74, 6) is 0.990. The van der Waals surface area contributed by atoms with Crippen LogP contribution in [-0.2, 0) is 0 Å².